The summed E-state index contributed by atoms with van der Waals surface area (Å²) in [7, 11) is -2.90. The Morgan fingerprint density at radius 2 is 1.66 bits per heavy atom. The second kappa shape index (κ2) is 9.56. The molecule has 4 rings (SSSR count). The van der Waals surface area contributed by atoms with E-state index in [4.69, 9.17) is 15.8 Å². The van der Waals surface area contributed by atoms with Crippen LogP contribution in [-0.2, 0) is 17.2 Å². The van der Waals surface area contributed by atoms with Gasteiger partial charge in [-0.3, -0.25) is 9.59 Å². The van der Waals surface area contributed by atoms with Crippen molar-refractivity contribution in [2.24, 2.45) is 7.05 Å². The van der Waals surface area contributed by atoms with Crippen LogP contribution in [0.5, 0.6) is 5.75 Å². The minimum atomic E-state index is -4.40. The van der Waals surface area contributed by atoms with E-state index in [-0.39, 0.29) is 21.8 Å². The predicted octanol–water partition coefficient (Wildman–Crippen LogP) is 4.93. The van der Waals surface area contributed by atoms with Crippen molar-refractivity contribution in [2.45, 2.75) is 18.7 Å². The van der Waals surface area contributed by atoms with E-state index in [1.165, 1.54) is 28.6 Å². The third kappa shape index (κ3) is 4.54. The minimum Gasteiger partial charge on any atom is -0.377 e. The van der Waals surface area contributed by atoms with Crippen LogP contribution < -0.4 is 14.6 Å². The fraction of sp³-hybridized carbons (Fsp3) is 0.154. The van der Waals surface area contributed by atoms with Crippen molar-refractivity contribution in [1.29, 1.82) is 0 Å². The van der Waals surface area contributed by atoms with E-state index in [9.17, 15) is 18.0 Å². The fourth-order valence-electron chi connectivity index (χ4n) is 3.84. The number of benzene rings is 3. The number of rotatable bonds is 6. The molecule has 0 saturated heterocycles. The number of hydrogen-bond acceptors (Lipinski definition) is 5. The van der Waals surface area contributed by atoms with E-state index < -0.39 is 32.9 Å². The molecule has 0 spiro atoms. The first-order valence-electron chi connectivity index (χ1n) is 10.8. The highest BCUT2D eigenvalue weighted by Gasteiger charge is 2.31. The van der Waals surface area contributed by atoms with Crippen LogP contribution in [-0.4, -0.2) is 25.4 Å². The highest BCUT2D eigenvalue weighted by atomic mass is 35.5. The number of fused-ring (bicyclic) bond motifs is 1. The first kappa shape index (κ1) is 24.5. The van der Waals surface area contributed by atoms with Gasteiger partial charge in [0.15, 0.2) is 5.75 Å². The summed E-state index contributed by atoms with van der Waals surface area (Å²) < 4.78 is 33.3. The molecular formula is C26H23ClN2O5S. The van der Waals surface area contributed by atoms with Gasteiger partial charge in [0.2, 0.25) is 0 Å². The van der Waals surface area contributed by atoms with E-state index in [0.29, 0.717) is 11.2 Å². The lowest BCUT2D eigenvalue weighted by Gasteiger charge is -2.23. The SMILES string of the molecule is CCN(C(=O)c1c(OS(=O)(=O)c2ccc(C)cc2)c2c(Cl)cccc2n(C)c1=O)c1ccccc1. The molecule has 9 heteroatoms. The van der Waals surface area contributed by atoms with Crippen molar-refractivity contribution < 1.29 is 17.4 Å². The van der Waals surface area contributed by atoms with E-state index >= 15 is 0 Å². The van der Waals surface area contributed by atoms with E-state index in [1.807, 2.05) is 6.92 Å². The Morgan fingerprint density at radius 3 is 2.29 bits per heavy atom. The topological polar surface area (TPSA) is 85.7 Å². The zero-order valence-electron chi connectivity index (χ0n) is 19.4. The van der Waals surface area contributed by atoms with Crippen molar-refractivity contribution in [3.63, 3.8) is 0 Å². The van der Waals surface area contributed by atoms with Gasteiger partial charge in [-0.2, -0.15) is 8.42 Å². The lowest BCUT2D eigenvalue weighted by Crippen LogP contribution is -2.37. The molecule has 0 aliphatic heterocycles. The maximum absolute atomic E-state index is 13.8. The zero-order chi connectivity index (χ0) is 25.3. The summed E-state index contributed by atoms with van der Waals surface area (Å²) in [4.78, 5) is 28.5. The number of aromatic nitrogens is 1. The summed E-state index contributed by atoms with van der Waals surface area (Å²) in [6.45, 7) is 3.81. The summed E-state index contributed by atoms with van der Waals surface area (Å²) in [5.74, 6) is -1.09. The van der Waals surface area contributed by atoms with Crippen molar-refractivity contribution in [3.8, 4) is 5.75 Å². The second-order valence-electron chi connectivity index (χ2n) is 7.94. The van der Waals surface area contributed by atoms with Gasteiger partial charge in [-0.25, -0.2) is 0 Å². The Morgan fingerprint density at radius 1 is 1.00 bits per heavy atom. The second-order valence-corrected chi connectivity index (χ2v) is 9.89. The molecule has 1 heterocycles. The molecule has 0 unspecified atom stereocenters. The molecular weight excluding hydrogens is 488 g/mol. The van der Waals surface area contributed by atoms with Crippen molar-refractivity contribution in [1.82, 2.24) is 4.57 Å². The molecule has 0 saturated carbocycles. The molecule has 35 heavy (non-hydrogen) atoms. The number of pyridine rings is 1. The average Bonchev–Trinajstić information content (AvgIpc) is 2.83. The zero-order valence-corrected chi connectivity index (χ0v) is 20.9. The molecule has 180 valence electrons. The predicted molar refractivity (Wildman–Crippen MR) is 137 cm³/mol. The van der Waals surface area contributed by atoms with Gasteiger partial charge < -0.3 is 13.7 Å². The van der Waals surface area contributed by atoms with Crippen LogP contribution in [0.1, 0.15) is 22.8 Å². The molecule has 0 aliphatic carbocycles. The summed E-state index contributed by atoms with van der Waals surface area (Å²) in [6, 6.07) is 19.6. The van der Waals surface area contributed by atoms with E-state index in [1.54, 1.807) is 67.6 Å². The first-order chi connectivity index (χ1) is 16.7. The van der Waals surface area contributed by atoms with Gasteiger partial charge in [-0.15, -0.1) is 0 Å². The number of nitrogens with zero attached hydrogens (tertiary/aromatic N) is 2. The molecule has 0 fully saturated rings. The van der Waals surface area contributed by atoms with Crippen molar-refractivity contribution >= 4 is 44.2 Å². The highest BCUT2D eigenvalue weighted by molar-refractivity contribution is 7.87. The van der Waals surface area contributed by atoms with Gasteiger partial charge in [-0.05, 0) is 50.2 Å². The number of carbonyl (C=O) groups is 1. The summed E-state index contributed by atoms with van der Waals surface area (Å²) in [6.07, 6.45) is 0. The molecule has 3 aromatic carbocycles. The van der Waals surface area contributed by atoms with Crippen LogP contribution in [0.3, 0.4) is 0 Å². The minimum absolute atomic E-state index is 0.113. The van der Waals surface area contributed by atoms with E-state index in [2.05, 4.69) is 0 Å². The number of hydrogen-bond donors (Lipinski definition) is 0. The Labute approximate surface area is 208 Å². The number of aryl methyl sites for hydroxylation is 2. The lowest BCUT2D eigenvalue weighted by molar-refractivity contribution is 0.0985. The van der Waals surface area contributed by atoms with Crippen molar-refractivity contribution in [3.05, 3.63) is 99.3 Å². The molecule has 1 aromatic heterocycles. The maximum atomic E-state index is 13.8. The third-order valence-electron chi connectivity index (χ3n) is 5.67. The molecule has 0 atom stereocenters. The molecule has 7 nitrogen and oxygen atoms in total. The Hall–Kier alpha value is -3.62. The van der Waals surface area contributed by atoms with Gasteiger partial charge >= 0.3 is 10.1 Å². The molecule has 0 N–H and O–H groups in total. The van der Waals surface area contributed by atoms with Gasteiger partial charge in [0.25, 0.3) is 11.5 Å². The lowest BCUT2D eigenvalue weighted by atomic mass is 10.1. The normalized spacial score (nSPS) is 11.4. The van der Waals surface area contributed by atoms with Crippen LogP contribution in [0.15, 0.2) is 82.5 Å². The largest absolute Gasteiger partial charge is 0.377 e. The number of carbonyl (C=O) groups excluding carboxylic acids is 1. The summed E-state index contributed by atoms with van der Waals surface area (Å²) in [5.41, 5.74) is 0.621. The van der Waals surface area contributed by atoms with Crippen LogP contribution in [0, 0.1) is 6.92 Å². The smallest absolute Gasteiger partial charge is 0.339 e. The Kier molecular flexibility index (Phi) is 6.69. The average molecular weight is 511 g/mol. The summed E-state index contributed by atoms with van der Waals surface area (Å²) >= 11 is 6.47. The monoisotopic (exact) mass is 510 g/mol. The van der Waals surface area contributed by atoms with Crippen LogP contribution >= 0.6 is 11.6 Å². The van der Waals surface area contributed by atoms with Gasteiger partial charge in [-0.1, -0.05) is 53.6 Å². The number of amides is 1. The van der Waals surface area contributed by atoms with Crippen LogP contribution in [0.25, 0.3) is 10.9 Å². The van der Waals surface area contributed by atoms with Crippen LogP contribution in [0.4, 0.5) is 5.69 Å². The molecule has 0 radical (unpaired) electrons. The van der Waals surface area contributed by atoms with Gasteiger partial charge in [0.05, 0.1) is 15.9 Å². The summed E-state index contributed by atoms with van der Waals surface area (Å²) in [5, 5.41) is 0.295. The quantitative estimate of drug-likeness (QED) is 0.343. The highest BCUT2D eigenvalue weighted by Crippen LogP contribution is 2.36. The molecule has 1 amide bonds. The molecule has 4 aromatic rings. The standard InChI is InChI=1S/C26H23ClN2O5S/c1-4-29(18-9-6-5-7-10-18)26(31)23-24(34-35(32,33)19-15-13-17(2)14-16-19)22-20(27)11-8-12-21(22)28(3)25(23)30/h5-16H,4H2,1-3H3. The van der Waals surface area contributed by atoms with Crippen molar-refractivity contribution in [2.75, 3.05) is 11.4 Å². The number of para-hydroxylation sites is 1. The maximum Gasteiger partial charge on any atom is 0.339 e. The first-order valence-corrected chi connectivity index (χ1v) is 12.6. The molecule has 0 aliphatic rings. The van der Waals surface area contributed by atoms with E-state index in [0.717, 1.165) is 5.56 Å². The number of anilines is 1. The number of halogens is 1. The fourth-order valence-corrected chi connectivity index (χ4v) is 5.04. The molecule has 0 bridgehead atoms. The van der Waals surface area contributed by atoms with Crippen LogP contribution in [0.2, 0.25) is 5.02 Å². The Balaban J connectivity index is 2.00. The third-order valence-corrected chi connectivity index (χ3v) is 7.22. The Bertz CT molecular complexity index is 1580. The van der Waals surface area contributed by atoms with Gasteiger partial charge in [0, 0.05) is 19.3 Å². The van der Waals surface area contributed by atoms with Gasteiger partial charge in [0.1, 0.15) is 10.5 Å².